The Morgan fingerprint density at radius 2 is 2.22 bits per heavy atom. The molecule has 0 aliphatic heterocycles. The minimum Gasteiger partial charge on any atom is -0.365 e. The molecule has 0 spiro atoms. The van der Waals surface area contributed by atoms with E-state index in [0.717, 1.165) is 0 Å². The van der Waals surface area contributed by atoms with Gasteiger partial charge in [0.05, 0.1) is 12.1 Å². The molecular weight excluding hydrogens is 246 g/mol. The molecule has 0 saturated carbocycles. The van der Waals surface area contributed by atoms with E-state index in [2.05, 4.69) is 34.7 Å². The van der Waals surface area contributed by atoms with Crippen LogP contribution < -0.4 is 10.6 Å². The van der Waals surface area contributed by atoms with Crippen molar-refractivity contribution >= 4 is 23.1 Å². The molecule has 0 saturated heterocycles. The molecule has 0 aliphatic rings. The molecule has 2 aromatic rings. The molecule has 5 heteroatoms. The Morgan fingerprint density at radius 1 is 1.39 bits per heavy atom. The lowest BCUT2D eigenvalue weighted by Gasteiger charge is -2.08. The van der Waals surface area contributed by atoms with Crippen LogP contribution in [-0.2, 0) is 6.54 Å². The second-order valence-electron chi connectivity index (χ2n) is 3.84. The summed E-state index contributed by atoms with van der Waals surface area (Å²) in [6.45, 7) is 2.75. The maximum Gasteiger partial charge on any atom is 0.254 e. The largest absolute Gasteiger partial charge is 0.365 e. The lowest BCUT2D eigenvalue weighted by molar-refractivity contribution is 0.0963. The number of amides is 1. The zero-order valence-electron chi connectivity index (χ0n) is 10.4. The fourth-order valence-corrected chi connectivity index (χ4v) is 2.45. The second-order valence-corrected chi connectivity index (χ2v) is 5.22. The van der Waals surface area contributed by atoms with Gasteiger partial charge in [0.2, 0.25) is 0 Å². The number of carbonyl (C=O) groups excluding carboxylic acids is 1. The highest BCUT2D eigenvalue weighted by Crippen LogP contribution is 2.18. The third-order valence-electron chi connectivity index (χ3n) is 2.51. The highest BCUT2D eigenvalue weighted by molar-refractivity contribution is 7.11. The molecule has 2 heterocycles. The summed E-state index contributed by atoms with van der Waals surface area (Å²) >= 11 is 1.74. The quantitative estimate of drug-likeness (QED) is 0.888. The molecule has 94 valence electrons. The van der Waals surface area contributed by atoms with Gasteiger partial charge in [-0.1, -0.05) is 0 Å². The third-order valence-corrected chi connectivity index (χ3v) is 3.51. The van der Waals surface area contributed by atoms with Crippen molar-refractivity contribution in [2.75, 3.05) is 12.4 Å². The van der Waals surface area contributed by atoms with Crippen molar-refractivity contribution in [1.82, 2.24) is 10.3 Å². The van der Waals surface area contributed by atoms with Gasteiger partial charge in [-0.25, -0.2) is 4.98 Å². The standard InChI is InChI=1S/C13H15N3OS/c1-9-5-6-10(18-9)8-16-12-11(13(17)14-2)4-3-7-15-12/h3-7H,8H2,1-2H3,(H,14,17)(H,15,16). The molecule has 2 N–H and O–H groups in total. The topological polar surface area (TPSA) is 54.0 Å². The molecule has 0 unspecified atom stereocenters. The van der Waals surface area contributed by atoms with Crippen molar-refractivity contribution < 1.29 is 4.79 Å². The van der Waals surface area contributed by atoms with E-state index in [1.165, 1.54) is 9.75 Å². The number of thiophene rings is 1. The monoisotopic (exact) mass is 261 g/mol. The Kier molecular flexibility index (Phi) is 3.94. The lowest BCUT2D eigenvalue weighted by Crippen LogP contribution is -2.20. The molecular formula is C13H15N3OS. The highest BCUT2D eigenvalue weighted by Gasteiger charge is 2.10. The van der Waals surface area contributed by atoms with Gasteiger partial charge in [0.1, 0.15) is 5.82 Å². The molecule has 0 fully saturated rings. The minimum atomic E-state index is -0.132. The predicted octanol–water partition coefficient (Wildman–Crippen LogP) is 2.42. The number of aryl methyl sites for hydroxylation is 1. The number of aromatic nitrogens is 1. The Balaban J connectivity index is 2.11. The van der Waals surface area contributed by atoms with Gasteiger partial charge in [-0.2, -0.15) is 0 Å². The van der Waals surface area contributed by atoms with Crippen LogP contribution in [0.3, 0.4) is 0 Å². The number of pyridine rings is 1. The summed E-state index contributed by atoms with van der Waals surface area (Å²) in [6.07, 6.45) is 1.68. The second kappa shape index (κ2) is 5.64. The van der Waals surface area contributed by atoms with Crippen molar-refractivity contribution in [3.05, 3.63) is 45.8 Å². The minimum absolute atomic E-state index is 0.132. The van der Waals surface area contributed by atoms with Crippen LogP contribution in [0.2, 0.25) is 0 Å². The van der Waals surface area contributed by atoms with E-state index in [4.69, 9.17) is 0 Å². The molecule has 2 rings (SSSR count). The fraction of sp³-hybridized carbons (Fsp3) is 0.231. The predicted molar refractivity (Wildman–Crippen MR) is 74.0 cm³/mol. The van der Waals surface area contributed by atoms with E-state index >= 15 is 0 Å². The van der Waals surface area contributed by atoms with Crippen LogP contribution in [0.25, 0.3) is 0 Å². The summed E-state index contributed by atoms with van der Waals surface area (Å²) in [5.41, 5.74) is 0.563. The summed E-state index contributed by atoms with van der Waals surface area (Å²) < 4.78 is 0. The zero-order chi connectivity index (χ0) is 13.0. The molecule has 4 nitrogen and oxygen atoms in total. The van der Waals surface area contributed by atoms with Gasteiger partial charge in [-0.05, 0) is 31.2 Å². The maximum atomic E-state index is 11.7. The molecule has 18 heavy (non-hydrogen) atoms. The van der Waals surface area contributed by atoms with Crippen LogP contribution in [0.15, 0.2) is 30.5 Å². The lowest BCUT2D eigenvalue weighted by atomic mass is 10.2. The number of hydrogen-bond donors (Lipinski definition) is 2. The Bertz CT molecular complexity index is 551. The van der Waals surface area contributed by atoms with E-state index in [9.17, 15) is 4.79 Å². The number of nitrogens with one attached hydrogen (secondary N) is 2. The number of rotatable bonds is 4. The van der Waals surface area contributed by atoms with Crippen LogP contribution in [0.5, 0.6) is 0 Å². The maximum absolute atomic E-state index is 11.7. The van der Waals surface area contributed by atoms with E-state index in [1.807, 2.05) is 0 Å². The smallest absolute Gasteiger partial charge is 0.254 e. The van der Waals surface area contributed by atoms with Gasteiger partial charge in [0, 0.05) is 23.0 Å². The number of carbonyl (C=O) groups is 1. The van der Waals surface area contributed by atoms with E-state index < -0.39 is 0 Å². The van der Waals surface area contributed by atoms with Crippen molar-refractivity contribution in [3.8, 4) is 0 Å². The number of hydrogen-bond acceptors (Lipinski definition) is 4. The van der Waals surface area contributed by atoms with Gasteiger partial charge >= 0.3 is 0 Å². The van der Waals surface area contributed by atoms with Crippen LogP contribution in [0.1, 0.15) is 20.1 Å². The van der Waals surface area contributed by atoms with E-state index in [-0.39, 0.29) is 5.91 Å². The summed E-state index contributed by atoms with van der Waals surface area (Å²) in [4.78, 5) is 18.4. The van der Waals surface area contributed by atoms with Gasteiger partial charge < -0.3 is 10.6 Å². The van der Waals surface area contributed by atoms with Crippen LogP contribution in [0.4, 0.5) is 5.82 Å². The summed E-state index contributed by atoms with van der Waals surface area (Å²) in [7, 11) is 1.61. The Labute approximate surface area is 110 Å². The highest BCUT2D eigenvalue weighted by atomic mass is 32.1. The first-order valence-electron chi connectivity index (χ1n) is 5.67. The van der Waals surface area contributed by atoms with Crippen molar-refractivity contribution in [2.45, 2.75) is 13.5 Å². The first-order valence-corrected chi connectivity index (χ1v) is 6.48. The summed E-state index contributed by atoms with van der Waals surface area (Å²) in [5, 5.41) is 5.80. The summed E-state index contributed by atoms with van der Waals surface area (Å²) in [6, 6.07) is 7.67. The van der Waals surface area contributed by atoms with Crippen molar-refractivity contribution in [2.24, 2.45) is 0 Å². The van der Waals surface area contributed by atoms with Gasteiger partial charge in [0.25, 0.3) is 5.91 Å². The Morgan fingerprint density at radius 3 is 2.89 bits per heavy atom. The van der Waals surface area contributed by atoms with Crippen LogP contribution in [-0.4, -0.2) is 17.9 Å². The van der Waals surface area contributed by atoms with Crippen molar-refractivity contribution in [1.29, 1.82) is 0 Å². The summed E-state index contributed by atoms with van der Waals surface area (Å²) in [5.74, 6) is 0.482. The van der Waals surface area contributed by atoms with Crippen LogP contribution in [0, 0.1) is 6.92 Å². The Hall–Kier alpha value is -1.88. The first-order chi connectivity index (χ1) is 8.70. The SMILES string of the molecule is CNC(=O)c1cccnc1NCc1ccc(C)s1. The molecule has 0 radical (unpaired) electrons. The number of nitrogens with zero attached hydrogens (tertiary/aromatic N) is 1. The normalized spacial score (nSPS) is 10.1. The molecule has 0 aliphatic carbocycles. The van der Waals surface area contributed by atoms with Crippen LogP contribution >= 0.6 is 11.3 Å². The third kappa shape index (κ3) is 2.87. The number of anilines is 1. The van der Waals surface area contributed by atoms with E-state index in [1.54, 1.807) is 36.7 Å². The molecule has 0 atom stereocenters. The molecule has 0 aromatic carbocycles. The fourth-order valence-electron chi connectivity index (χ4n) is 1.62. The van der Waals surface area contributed by atoms with Gasteiger partial charge in [0.15, 0.2) is 0 Å². The first kappa shape index (κ1) is 12.6. The van der Waals surface area contributed by atoms with Crippen molar-refractivity contribution in [3.63, 3.8) is 0 Å². The van der Waals surface area contributed by atoms with Gasteiger partial charge in [-0.3, -0.25) is 4.79 Å². The van der Waals surface area contributed by atoms with E-state index in [0.29, 0.717) is 17.9 Å². The molecule has 2 aromatic heterocycles. The zero-order valence-corrected chi connectivity index (χ0v) is 11.2. The average Bonchev–Trinajstić information content (AvgIpc) is 2.81. The van der Waals surface area contributed by atoms with Gasteiger partial charge in [-0.15, -0.1) is 11.3 Å². The average molecular weight is 261 g/mol. The molecule has 0 bridgehead atoms. The molecule has 1 amide bonds.